The number of nitrogens with one attached hydrogen (secondary N) is 1. The zero-order valence-electron chi connectivity index (χ0n) is 11.2. The first-order chi connectivity index (χ1) is 8.40. The molecule has 0 bridgehead atoms. The number of hydrogen-bond acceptors (Lipinski definition) is 3. The van der Waals surface area contributed by atoms with Gasteiger partial charge in [0.1, 0.15) is 5.75 Å². The van der Waals surface area contributed by atoms with Crippen molar-refractivity contribution in [2.24, 2.45) is 0 Å². The van der Waals surface area contributed by atoms with E-state index in [0.717, 1.165) is 0 Å². The van der Waals surface area contributed by atoms with E-state index in [4.69, 9.17) is 4.74 Å². The van der Waals surface area contributed by atoms with Gasteiger partial charge in [-0.25, -0.2) is 0 Å². The Morgan fingerprint density at radius 1 is 1.33 bits per heavy atom. The van der Waals surface area contributed by atoms with Gasteiger partial charge in [-0.3, -0.25) is 9.59 Å². The molecular formula is C14H19NO3. The van der Waals surface area contributed by atoms with E-state index in [1.807, 2.05) is 0 Å². The van der Waals surface area contributed by atoms with Crippen LogP contribution < -0.4 is 10.1 Å². The van der Waals surface area contributed by atoms with Gasteiger partial charge < -0.3 is 10.1 Å². The summed E-state index contributed by atoms with van der Waals surface area (Å²) in [5.41, 5.74) is -0.374. The highest BCUT2D eigenvalue weighted by Crippen LogP contribution is 2.14. The molecule has 0 radical (unpaired) electrons. The molecule has 0 aliphatic heterocycles. The van der Waals surface area contributed by atoms with Crippen LogP contribution in [0.5, 0.6) is 5.75 Å². The first kappa shape index (κ1) is 14.2. The van der Waals surface area contributed by atoms with Crippen LogP contribution >= 0.6 is 0 Å². The lowest BCUT2D eigenvalue weighted by Crippen LogP contribution is -2.49. The summed E-state index contributed by atoms with van der Waals surface area (Å²) in [7, 11) is 1.54. The summed E-state index contributed by atoms with van der Waals surface area (Å²) >= 11 is 0. The summed E-state index contributed by atoms with van der Waals surface area (Å²) in [5.74, 6) is 0.335. The van der Waals surface area contributed by atoms with E-state index in [9.17, 15) is 9.59 Å². The highest BCUT2D eigenvalue weighted by atomic mass is 16.5. The number of carbonyl (C=O) groups excluding carboxylic acids is 2. The standard InChI is InChI=1S/C14H19NO3/c1-5-12(16)14(2,3)15-13(17)10-7-6-8-11(9-10)18-4/h6-9H,5H2,1-4H3,(H,15,17). The SMILES string of the molecule is CCC(=O)C(C)(C)NC(=O)c1cccc(OC)c1. The molecule has 4 nitrogen and oxygen atoms in total. The molecule has 0 spiro atoms. The molecular weight excluding hydrogens is 230 g/mol. The lowest BCUT2D eigenvalue weighted by atomic mass is 9.96. The first-order valence-electron chi connectivity index (χ1n) is 5.90. The van der Waals surface area contributed by atoms with Crippen molar-refractivity contribution in [2.45, 2.75) is 32.7 Å². The minimum absolute atomic E-state index is 0.00116. The molecule has 1 rings (SSSR count). The van der Waals surface area contributed by atoms with Crippen LogP contribution in [0.1, 0.15) is 37.6 Å². The average molecular weight is 249 g/mol. The van der Waals surface area contributed by atoms with Crippen molar-refractivity contribution in [3.05, 3.63) is 29.8 Å². The zero-order chi connectivity index (χ0) is 13.8. The van der Waals surface area contributed by atoms with E-state index in [2.05, 4.69) is 5.32 Å². The second kappa shape index (κ2) is 5.67. The van der Waals surface area contributed by atoms with Gasteiger partial charge in [0.05, 0.1) is 12.6 Å². The number of methoxy groups -OCH3 is 1. The third-order valence-corrected chi connectivity index (χ3v) is 2.78. The largest absolute Gasteiger partial charge is 0.497 e. The van der Waals surface area contributed by atoms with Gasteiger partial charge in [-0.05, 0) is 32.0 Å². The Balaban J connectivity index is 2.85. The molecule has 1 aromatic rings. The zero-order valence-corrected chi connectivity index (χ0v) is 11.2. The molecule has 0 saturated carbocycles. The number of hydrogen-bond donors (Lipinski definition) is 1. The number of benzene rings is 1. The number of rotatable bonds is 5. The molecule has 0 fully saturated rings. The van der Waals surface area contributed by atoms with E-state index in [0.29, 0.717) is 17.7 Å². The Kier molecular flexibility index (Phi) is 4.48. The molecule has 1 N–H and O–H groups in total. The molecule has 0 unspecified atom stereocenters. The number of ether oxygens (including phenoxy) is 1. The Morgan fingerprint density at radius 3 is 2.56 bits per heavy atom. The fourth-order valence-corrected chi connectivity index (χ4v) is 1.63. The molecule has 98 valence electrons. The van der Waals surface area contributed by atoms with E-state index in [1.165, 1.54) is 0 Å². The lowest BCUT2D eigenvalue weighted by molar-refractivity contribution is -0.123. The Bertz CT molecular complexity index is 452. The van der Waals surface area contributed by atoms with Gasteiger partial charge in [0.15, 0.2) is 5.78 Å². The molecule has 0 aliphatic rings. The predicted octanol–water partition coefficient (Wildman–Crippen LogP) is 2.18. The van der Waals surface area contributed by atoms with Gasteiger partial charge in [0.25, 0.3) is 5.91 Å². The van der Waals surface area contributed by atoms with Crippen LogP contribution in [0.25, 0.3) is 0 Å². The van der Waals surface area contributed by atoms with Crippen molar-refractivity contribution in [2.75, 3.05) is 7.11 Å². The molecule has 0 aromatic heterocycles. The number of ketones is 1. The van der Waals surface area contributed by atoms with Crippen LogP contribution in [0.15, 0.2) is 24.3 Å². The summed E-state index contributed by atoms with van der Waals surface area (Å²) in [6.45, 7) is 5.19. The van der Waals surface area contributed by atoms with Crippen molar-refractivity contribution in [1.82, 2.24) is 5.32 Å². The molecule has 1 aromatic carbocycles. The van der Waals surface area contributed by atoms with Gasteiger partial charge >= 0.3 is 0 Å². The molecule has 18 heavy (non-hydrogen) atoms. The van der Waals surface area contributed by atoms with Gasteiger partial charge in [-0.15, -0.1) is 0 Å². The predicted molar refractivity (Wildman–Crippen MR) is 69.8 cm³/mol. The van der Waals surface area contributed by atoms with Gasteiger partial charge in [-0.1, -0.05) is 13.0 Å². The quantitative estimate of drug-likeness (QED) is 0.870. The van der Waals surface area contributed by atoms with Crippen LogP contribution in [0.2, 0.25) is 0 Å². The van der Waals surface area contributed by atoms with Crippen molar-refractivity contribution >= 4 is 11.7 Å². The van der Waals surface area contributed by atoms with Crippen molar-refractivity contribution in [3.63, 3.8) is 0 Å². The maximum Gasteiger partial charge on any atom is 0.252 e. The van der Waals surface area contributed by atoms with Crippen LogP contribution in [-0.4, -0.2) is 24.3 Å². The normalized spacial score (nSPS) is 10.9. The third kappa shape index (κ3) is 3.32. The Morgan fingerprint density at radius 2 is 2.00 bits per heavy atom. The summed E-state index contributed by atoms with van der Waals surface area (Å²) in [5, 5.41) is 2.73. The fraction of sp³-hybridized carbons (Fsp3) is 0.429. The Hall–Kier alpha value is -1.84. The number of Topliss-reactive ketones (excluding diaryl/α,β-unsaturated/α-hetero) is 1. The second-order valence-electron chi connectivity index (χ2n) is 4.59. The van der Waals surface area contributed by atoms with Crippen LogP contribution in [0.4, 0.5) is 0 Å². The molecule has 0 atom stereocenters. The topological polar surface area (TPSA) is 55.4 Å². The van der Waals surface area contributed by atoms with Gasteiger partial charge in [0, 0.05) is 12.0 Å². The fourth-order valence-electron chi connectivity index (χ4n) is 1.63. The van der Waals surface area contributed by atoms with E-state index >= 15 is 0 Å². The minimum atomic E-state index is -0.852. The Labute approximate surface area is 107 Å². The van der Waals surface area contributed by atoms with Crippen LogP contribution in [-0.2, 0) is 4.79 Å². The number of carbonyl (C=O) groups is 2. The molecule has 0 heterocycles. The maximum absolute atomic E-state index is 12.0. The monoisotopic (exact) mass is 249 g/mol. The lowest BCUT2D eigenvalue weighted by Gasteiger charge is -2.24. The molecule has 1 amide bonds. The van der Waals surface area contributed by atoms with E-state index in [-0.39, 0.29) is 11.7 Å². The highest BCUT2D eigenvalue weighted by Gasteiger charge is 2.28. The summed E-state index contributed by atoms with van der Waals surface area (Å²) in [6.07, 6.45) is 0.394. The smallest absolute Gasteiger partial charge is 0.252 e. The van der Waals surface area contributed by atoms with Gasteiger partial charge in [-0.2, -0.15) is 0 Å². The maximum atomic E-state index is 12.0. The van der Waals surface area contributed by atoms with E-state index in [1.54, 1.807) is 52.1 Å². The molecule has 0 aliphatic carbocycles. The average Bonchev–Trinajstić information content (AvgIpc) is 2.37. The van der Waals surface area contributed by atoms with Crippen molar-refractivity contribution in [3.8, 4) is 5.75 Å². The van der Waals surface area contributed by atoms with Crippen LogP contribution in [0.3, 0.4) is 0 Å². The summed E-state index contributed by atoms with van der Waals surface area (Å²) in [4.78, 5) is 23.7. The van der Waals surface area contributed by atoms with Crippen molar-refractivity contribution in [1.29, 1.82) is 0 Å². The third-order valence-electron chi connectivity index (χ3n) is 2.78. The summed E-state index contributed by atoms with van der Waals surface area (Å²) < 4.78 is 5.06. The van der Waals surface area contributed by atoms with Crippen molar-refractivity contribution < 1.29 is 14.3 Å². The first-order valence-corrected chi connectivity index (χ1v) is 5.90. The molecule has 0 saturated heterocycles. The second-order valence-corrected chi connectivity index (χ2v) is 4.59. The van der Waals surface area contributed by atoms with Crippen LogP contribution in [0, 0.1) is 0 Å². The highest BCUT2D eigenvalue weighted by molar-refractivity contribution is 5.99. The minimum Gasteiger partial charge on any atom is -0.497 e. The van der Waals surface area contributed by atoms with E-state index < -0.39 is 5.54 Å². The molecule has 4 heteroatoms. The summed E-state index contributed by atoms with van der Waals surface area (Å²) in [6, 6.07) is 6.83. The van der Waals surface area contributed by atoms with Gasteiger partial charge in [0.2, 0.25) is 0 Å². The number of amides is 1.